The summed E-state index contributed by atoms with van der Waals surface area (Å²) in [5.74, 6) is -0.252. The highest BCUT2D eigenvalue weighted by Crippen LogP contribution is 2.29. The van der Waals surface area contributed by atoms with E-state index in [4.69, 9.17) is 9.47 Å². The Morgan fingerprint density at radius 1 is 1.07 bits per heavy atom. The Morgan fingerprint density at radius 3 is 2.48 bits per heavy atom. The summed E-state index contributed by atoms with van der Waals surface area (Å²) in [4.78, 5) is 11.7. The molecule has 3 heteroatoms. The molecule has 27 heavy (non-hydrogen) atoms. The van der Waals surface area contributed by atoms with E-state index in [-0.39, 0.29) is 11.4 Å². The van der Waals surface area contributed by atoms with Crippen molar-refractivity contribution in [1.82, 2.24) is 0 Å². The average molecular weight is 373 g/mol. The zero-order valence-electron chi connectivity index (χ0n) is 17.2. The van der Waals surface area contributed by atoms with Gasteiger partial charge in [0.1, 0.15) is 0 Å². The van der Waals surface area contributed by atoms with Gasteiger partial charge in [0.2, 0.25) is 0 Å². The van der Waals surface area contributed by atoms with Crippen LogP contribution in [-0.2, 0) is 14.3 Å². The number of carbonyl (C=O) groups excluding carboxylic acids is 1. The molecule has 1 aliphatic rings. The second-order valence-electron chi connectivity index (χ2n) is 6.72. The van der Waals surface area contributed by atoms with Gasteiger partial charge in [0, 0.05) is 12.5 Å². The van der Waals surface area contributed by atoms with Gasteiger partial charge in [-0.25, -0.2) is 4.79 Å². The van der Waals surface area contributed by atoms with Gasteiger partial charge in [-0.05, 0) is 51.9 Å². The van der Waals surface area contributed by atoms with E-state index in [0.717, 1.165) is 38.5 Å². The molecule has 0 N–H and O–H groups in total. The van der Waals surface area contributed by atoms with Crippen LogP contribution in [-0.4, -0.2) is 25.8 Å². The number of allylic oxidation sites excluding steroid dienone is 10. The third kappa shape index (κ3) is 9.58. The van der Waals surface area contributed by atoms with Crippen molar-refractivity contribution >= 4 is 5.97 Å². The molecule has 0 aromatic carbocycles. The van der Waals surface area contributed by atoms with E-state index in [9.17, 15) is 4.79 Å². The van der Waals surface area contributed by atoms with Crippen molar-refractivity contribution in [3.63, 3.8) is 0 Å². The maximum atomic E-state index is 11.7. The smallest absolute Gasteiger partial charge is 0.335 e. The fraction of sp³-hybridized carbons (Fsp3) is 0.542. The minimum Gasteiger partial charge on any atom is -0.464 e. The van der Waals surface area contributed by atoms with Gasteiger partial charge < -0.3 is 9.47 Å². The first-order valence-corrected chi connectivity index (χ1v) is 10.2. The van der Waals surface area contributed by atoms with Crippen LogP contribution in [0.25, 0.3) is 0 Å². The predicted molar refractivity (Wildman–Crippen MR) is 114 cm³/mol. The molecule has 0 aromatic rings. The lowest BCUT2D eigenvalue weighted by Crippen LogP contribution is -2.25. The highest BCUT2D eigenvalue weighted by Gasteiger charge is 2.18. The quantitative estimate of drug-likeness (QED) is 0.223. The van der Waals surface area contributed by atoms with Crippen LogP contribution < -0.4 is 0 Å². The molecule has 0 spiro atoms. The summed E-state index contributed by atoms with van der Waals surface area (Å²) in [6.45, 7) is 4.37. The van der Waals surface area contributed by atoms with Gasteiger partial charge >= 0.3 is 5.97 Å². The van der Waals surface area contributed by atoms with Crippen molar-refractivity contribution in [2.75, 3.05) is 13.7 Å². The molecule has 1 unspecified atom stereocenters. The summed E-state index contributed by atoms with van der Waals surface area (Å²) < 4.78 is 10.2. The molecule has 0 saturated heterocycles. The molecule has 0 saturated carbocycles. The Balaban J connectivity index is 2.28. The Morgan fingerprint density at radius 2 is 1.81 bits per heavy atom. The summed E-state index contributed by atoms with van der Waals surface area (Å²) >= 11 is 0. The zero-order valence-corrected chi connectivity index (χ0v) is 17.2. The number of ether oxygens (including phenoxy) is 2. The van der Waals surface area contributed by atoms with Crippen molar-refractivity contribution in [3.05, 3.63) is 60.8 Å². The summed E-state index contributed by atoms with van der Waals surface area (Å²) in [6.07, 6.45) is 28.8. The lowest BCUT2D eigenvalue weighted by Gasteiger charge is -2.21. The first kappa shape index (κ1) is 23.2. The Hall–Kier alpha value is -1.87. The van der Waals surface area contributed by atoms with E-state index in [1.54, 1.807) is 7.11 Å². The molecule has 1 atom stereocenters. The maximum Gasteiger partial charge on any atom is 0.335 e. The first-order valence-electron chi connectivity index (χ1n) is 10.2. The molecule has 0 aromatic heterocycles. The Kier molecular flexibility index (Phi) is 12.2. The van der Waals surface area contributed by atoms with Crippen LogP contribution in [0.2, 0.25) is 0 Å². The molecule has 3 nitrogen and oxygen atoms in total. The van der Waals surface area contributed by atoms with Gasteiger partial charge in [-0.2, -0.15) is 0 Å². The van der Waals surface area contributed by atoms with Gasteiger partial charge in [-0.15, -0.1) is 0 Å². The third-order valence-electron chi connectivity index (χ3n) is 4.49. The van der Waals surface area contributed by atoms with Crippen LogP contribution in [0, 0.1) is 5.41 Å². The molecule has 0 amide bonds. The largest absolute Gasteiger partial charge is 0.464 e. The van der Waals surface area contributed by atoms with E-state index in [1.807, 2.05) is 6.92 Å². The number of hydrogen-bond acceptors (Lipinski definition) is 3. The van der Waals surface area contributed by atoms with E-state index in [0.29, 0.717) is 13.0 Å². The van der Waals surface area contributed by atoms with E-state index in [2.05, 4.69) is 67.7 Å². The molecule has 1 rings (SSSR count). The number of methoxy groups -OCH3 is 1. The monoisotopic (exact) mass is 372 g/mol. The summed E-state index contributed by atoms with van der Waals surface area (Å²) in [6, 6.07) is 0. The second kappa shape index (κ2) is 14.2. The van der Waals surface area contributed by atoms with Crippen molar-refractivity contribution < 1.29 is 14.3 Å². The van der Waals surface area contributed by atoms with Crippen molar-refractivity contribution in [3.8, 4) is 0 Å². The van der Waals surface area contributed by atoms with Crippen LogP contribution in [0.4, 0.5) is 0 Å². The summed E-state index contributed by atoms with van der Waals surface area (Å²) in [5, 5.41) is 0. The fourth-order valence-corrected chi connectivity index (χ4v) is 3.00. The lowest BCUT2D eigenvalue weighted by molar-refractivity contribution is -0.155. The second-order valence-corrected chi connectivity index (χ2v) is 6.72. The van der Waals surface area contributed by atoms with E-state index >= 15 is 0 Å². The standard InChI is InChI=1S/C24H36O3/c1-4-6-18-24(20-15-12-16-21-24)19-14-11-9-7-8-10-13-17-22(26-3)23(25)27-5-2/h6-7,9,14-16,18-22H,4-5,8,10-13,17H2,1-3H3/b9-7-,18-6-,19-14-. The number of hydrogen-bond donors (Lipinski definition) is 0. The molecule has 0 aliphatic heterocycles. The maximum absolute atomic E-state index is 11.7. The summed E-state index contributed by atoms with van der Waals surface area (Å²) in [7, 11) is 1.56. The molecule has 150 valence electrons. The fourth-order valence-electron chi connectivity index (χ4n) is 3.00. The zero-order chi connectivity index (χ0) is 19.8. The number of unbranched alkanes of at least 4 members (excludes halogenated alkanes) is 2. The topological polar surface area (TPSA) is 35.5 Å². The SMILES string of the molecule is CC/C=C\C1(/C=C\C/C=C\CCCCC(OC)C(=O)OCC)C=CCC=C1. The van der Waals surface area contributed by atoms with Gasteiger partial charge in [-0.1, -0.05) is 67.7 Å². The molecule has 0 bridgehead atoms. The van der Waals surface area contributed by atoms with Crippen LogP contribution in [0.1, 0.15) is 58.8 Å². The molecule has 0 fully saturated rings. The van der Waals surface area contributed by atoms with Gasteiger partial charge in [0.15, 0.2) is 6.10 Å². The normalized spacial score (nSPS) is 17.3. The highest BCUT2D eigenvalue weighted by atomic mass is 16.6. The van der Waals surface area contributed by atoms with Crippen molar-refractivity contribution in [2.45, 2.75) is 64.9 Å². The third-order valence-corrected chi connectivity index (χ3v) is 4.49. The van der Waals surface area contributed by atoms with Crippen LogP contribution in [0.3, 0.4) is 0 Å². The van der Waals surface area contributed by atoms with Crippen molar-refractivity contribution in [2.24, 2.45) is 5.41 Å². The number of carbonyl (C=O) groups is 1. The first-order chi connectivity index (χ1) is 13.2. The molecular formula is C24H36O3. The predicted octanol–water partition coefficient (Wildman–Crippen LogP) is 6.10. The molecule has 0 radical (unpaired) electrons. The minimum absolute atomic E-state index is 0.0512. The van der Waals surface area contributed by atoms with Crippen molar-refractivity contribution in [1.29, 1.82) is 0 Å². The molecule has 0 heterocycles. The lowest BCUT2D eigenvalue weighted by atomic mass is 9.83. The number of esters is 1. The van der Waals surface area contributed by atoms with Crippen LogP contribution in [0.15, 0.2) is 60.8 Å². The Labute approximate surface area is 165 Å². The highest BCUT2D eigenvalue weighted by molar-refractivity contribution is 5.74. The summed E-state index contributed by atoms with van der Waals surface area (Å²) in [5.41, 5.74) is -0.0512. The molecular weight excluding hydrogens is 336 g/mol. The van der Waals surface area contributed by atoms with E-state index < -0.39 is 6.10 Å². The van der Waals surface area contributed by atoms with Crippen LogP contribution in [0.5, 0.6) is 0 Å². The minimum atomic E-state index is -0.430. The number of rotatable bonds is 13. The van der Waals surface area contributed by atoms with Gasteiger partial charge in [0.05, 0.1) is 6.61 Å². The molecule has 1 aliphatic carbocycles. The van der Waals surface area contributed by atoms with Gasteiger partial charge in [0.25, 0.3) is 0 Å². The average Bonchev–Trinajstić information content (AvgIpc) is 2.69. The van der Waals surface area contributed by atoms with E-state index in [1.165, 1.54) is 0 Å². The van der Waals surface area contributed by atoms with Gasteiger partial charge in [-0.3, -0.25) is 0 Å². The Bertz CT molecular complexity index is 540. The van der Waals surface area contributed by atoms with Crippen LogP contribution >= 0.6 is 0 Å².